The number of benzene rings is 1. The fraction of sp³-hybridized carbons (Fsp3) is 0.190. The second-order valence-corrected chi connectivity index (χ2v) is 7.26. The van der Waals surface area contributed by atoms with Crippen LogP contribution in [-0.2, 0) is 11.2 Å². The standard InChI is InChI=1S/C21H20N4O2S/c1-27-11-9-22-21(26)19-14-16(20-18(24-19)7-12-28-20)13-15-3-5-17(6-4-15)25-10-2-8-23-25/h2-8,10,12,14H,9,11,13H2,1H3,(H,22,26). The number of carbonyl (C=O) groups excluding carboxylic acids is 1. The van der Waals surface area contributed by atoms with Crippen molar-refractivity contribution in [3.05, 3.63) is 77.1 Å². The van der Waals surface area contributed by atoms with Crippen molar-refractivity contribution in [2.75, 3.05) is 20.3 Å². The fourth-order valence-electron chi connectivity index (χ4n) is 3.04. The van der Waals surface area contributed by atoms with Gasteiger partial charge in [0.25, 0.3) is 5.91 Å². The molecule has 0 saturated heterocycles. The zero-order valence-corrected chi connectivity index (χ0v) is 16.3. The predicted octanol–water partition coefficient (Wildman–Crippen LogP) is 3.45. The van der Waals surface area contributed by atoms with Gasteiger partial charge in [-0.25, -0.2) is 9.67 Å². The van der Waals surface area contributed by atoms with Crippen LogP contribution in [0.15, 0.2) is 60.2 Å². The summed E-state index contributed by atoms with van der Waals surface area (Å²) < 4.78 is 7.93. The highest BCUT2D eigenvalue weighted by Gasteiger charge is 2.13. The molecule has 0 saturated carbocycles. The van der Waals surface area contributed by atoms with Gasteiger partial charge in [0.05, 0.1) is 22.5 Å². The normalized spacial score (nSPS) is 11.0. The Morgan fingerprint density at radius 3 is 2.86 bits per heavy atom. The molecule has 0 fully saturated rings. The number of nitrogens with zero attached hydrogens (tertiary/aromatic N) is 3. The van der Waals surface area contributed by atoms with Gasteiger partial charge in [0.15, 0.2) is 0 Å². The maximum atomic E-state index is 12.4. The Bertz CT molecular complexity index is 1070. The third-order valence-electron chi connectivity index (χ3n) is 4.41. The first-order valence-electron chi connectivity index (χ1n) is 8.98. The number of hydrogen-bond donors (Lipinski definition) is 1. The summed E-state index contributed by atoms with van der Waals surface area (Å²) in [7, 11) is 1.61. The highest BCUT2D eigenvalue weighted by molar-refractivity contribution is 7.17. The Hall–Kier alpha value is -3.03. The van der Waals surface area contributed by atoms with Crippen LogP contribution in [-0.4, -0.2) is 40.9 Å². The molecule has 0 aliphatic carbocycles. The molecule has 0 atom stereocenters. The van der Waals surface area contributed by atoms with Crippen LogP contribution in [0.2, 0.25) is 0 Å². The fourth-order valence-corrected chi connectivity index (χ4v) is 3.89. The van der Waals surface area contributed by atoms with Crippen molar-refractivity contribution in [3.8, 4) is 5.69 Å². The number of aromatic nitrogens is 3. The molecule has 0 spiro atoms. The summed E-state index contributed by atoms with van der Waals surface area (Å²) in [5.74, 6) is -0.180. The SMILES string of the molecule is COCCNC(=O)c1cc(Cc2ccc(-n3cccn3)cc2)c2sccc2n1. The maximum Gasteiger partial charge on any atom is 0.269 e. The van der Waals surface area contributed by atoms with Crippen molar-refractivity contribution in [2.45, 2.75) is 6.42 Å². The predicted molar refractivity (Wildman–Crippen MR) is 110 cm³/mol. The number of pyridine rings is 1. The maximum absolute atomic E-state index is 12.4. The Morgan fingerprint density at radius 2 is 2.11 bits per heavy atom. The number of methoxy groups -OCH3 is 1. The molecule has 3 aromatic heterocycles. The molecule has 142 valence electrons. The van der Waals surface area contributed by atoms with Crippen molar-refractivity contribution < 1.29 is 9.53 Å². The van der Waals surface area contributed by atoms with Gasteiger partial charge in [-0.05, 0) is 53.3 Å². The molecule has 4 rings (SSSR count). The van der Waals surface area contributed by atoms with E-state index >= 15 is 0 Å². The number of ether oxygens (including phenoxy) is 1. The summed E-state index contributed by atoms with van der Waals surface area (Å²) in [6.07, 6.45) is 4.41. The average Bonchev–Trinajstić information content (AvgIpc) is 3.40. The minimum absolute atomic E-state index is 0.180. The Balaban J connectivity index is 1.59. The molecule has 0 unspecified atom stereocenters. The van der Waals surface area contributed by atoms with Gasteiger partial charge < -0.3 is 10.1 Å². The van der Waals surface area contributed by atoms with E-state index in [0.29, 0.717) is 18.8 Å². The van der Waals surface area contributed by atoms with E-state index in [-0.39, 0.29) is 5.91 Å². The van der Waals surface area contributed by atoms with E-state index in [4.69, 9.17) is 4.74 Å². The van der Waals surface area contributed by atoms with Crippen LogP contribution in [0.3, 0.4) is 0 Å². The van der Waals surface area contributed by atoms with Crippen molar-refractivity contribution in [1.82, 2.24) is 20.1 Å². The van der Waals surface area contributed by atoms with Gasteiger partial charge in [-0.15, -0.1) is 11.3 Å². The summed E-state index contributed by atoms with van der Waals surface area (Å²) in [6.45, 7) is 0.935. The number of carbonyl (C=O) groups is 1. The molecule has 0 aliphatic heterocycles. The number of hydrogen-bond acceptors (Lipinski definition) is 5. The molecule has 1 N–H and O–H groups in total. The van der Waals surface area contributed by atoms with Gasteiger partial charge in [0.2, 0.25) is 0 Å². The molecule has 0 aliphatic rings. The Labute approximate surface area is 166 Å². The van der Waals surface area contributed by atoms with E-state index in [9.17, 15) is 4.79 Å². The molecule has 1 amide bonds. The van der Waals surface area contributed by atoms with E-state index in [2.05, 4.69) is 27.5 Å². The lowest BCUT2D eigenvalue weighted by Gasteiger charge is -2.09. The van der Waals surface area contributed by atoms with E-state index in [1.165, 1.54) is 5.56 Å². The largest absolute Gasteiger partial charge is 0.383 e. The average molecular weight is 392 g/mol. The van der Waals surface area contributed by atoms with Crippen LogP contribution < -0.4 is 5.32 Å². The van der Waals surface area contributed by atoms with E-state index < -0.39 is 0 Å². The summed E-state index contributed by atoms with van der Waals surface area (Å²) >= 11 is 1.65. The summed E-state index contributed by atoms with van der Waals surface area (Å²) in [5, 5.41) is 9.10. The third kappa shape index (κ3) is 3.95. The molecule has 6 nitrogen and oxygen atoms in total. The Morgan fingerprint density at radius 1 is 1.25 bits per heavy atom. The minimum atomic E-state index is -0.180. The van der Waals surface area contributed by atoms with Gasteiger partial charge >= 0.3 is 0 Å². The lowest BCUT2D eigenvalue weighted by atomic mass is 10.0. The van der Waals surface area contributed by atoms with Crippen molar-refractivity contribution in [1.29, 1.82) is 0 Å². The van der Waals surface area contributed by atoms with E-state index in [0.717, 1.165) is 27.9 Å². The first-order chi connectivity index (χ1) is 13.7. The van der Waals surface area contributed by atoms with Gasteiger partial charge in [-0.3, -0.25) is 4.79 Å². The van der Waals surface area contributed by atoms with Crippen LogP contribution in [0.25, 0.3) is 15.9 Å². The molecule has 3 heterocycles. The third-order valence-corrected chi connectivity index (χ3v) is 5.39. The summed E-state index contributed by atoms with van der Waals surface area (Å²) in [4.78, 5) is 16.9. The molecule has 28 heavy (non-hydrogen) atoms. The highest BCUT2D eigenvalue weighted by Crippen LogP contribution is 2.26. The quantitative estimate of drug-likeness (QED) is 0.489. The van der Waals surface area contributed by atoms with Gasteiger partial charge in [0, 0.05) is 26.0 Å². The second kappa shape index (κ2) is 8.33. The van der Waals surface area contributed by atoms with Crippen LogP contribution >= 0.6 is 11.3 Å². The first-order valence-corrected chi connectivity index (χ1v) is 9.86. The van der Waals surface area contributed by atoms with Crippen LogP contribution in [0.4, 0.5) is 0 Å². The lowest BCUT2D eigenvalue weighted by Crippen LogP contribution is -2.27. The molecule has 4 aromatic rings. The minimum Gasteiger partial charge on any atom is -0.383 e. The lowest BCUT2D eigenvalue weighted by molar-refractivity contribution is 0.0932. The van der Waals surface area contributed by atoms with Gasteiger partial charge in [0.1, 0.15) is 5.69 Å². The van der Waals surface area contributed by atoms with E-state index in [1.807, 2.05) is 46.6 Å². The van der Waals surface area contributed by atoms with Gasteiger partial charge in [-0.1, -0.05) is 12.1 Å². The Kier molecular flexibility index (Phi) is 5.45. The number of amides is 1. The number of fused-ring (bicyclic) bond motifs is 1. The van der Waals surface area contributed by atoms with Crippen LogP contribution in [0.1, 0.15) is 21.6 Å². The molecular formula is C21H20N4O2S. The second-order valence-electron chi connectivity index (χ2n) is 6.34. The van der Waals surface area contributed by atoms with Gasteiger partial charge in [-0.2, -0.15) is 5.10 Å². The molecule has 1 aromatic carbocycles. The zero-order chi connectivity index (χ0) is 19.3. The monoisotopic (exact) mass is 392 g/mol. The number of nitrogens with one attached hydrogen (secondary N) is 1. The topological polar surface area (TPSA) is 69.0 Å². The zero-order valence-electron chi connectivity index (χ0n) is 15.5. The first kappa shape index (κ1) is 18.3. The van der Waals surface area contributed by atoms with Crippen LogP contribution in [0.5, 0.6) is 0 Å². The van der Waals surface area contributed by atoms with Crippen molar-refractivity contribution in [3.63, 3.8) is 0 Å². The molecule has 0 bridgehead atoms. The number of rotatable bonds is 7. The van der Waals surface area contributed by atoms with Crippen molar-refractivity contribution >= 4 is 27.5 Å². The molecule has 7 heteroatoms. The smallest absolute Gasteiger partial charge is 0.269 e. The summed E-state index contributed by atoms with van der Waals surface area (Å²) in [5.41, 5.74) is 4.58. The van der Waals surface area contributed by atoms with Crippen LogP contribution in [0, 0.1) is 0 Å². The molecular weight excluding hydrogens is 372 g/mol. The molecule has 0 radical (unpaired) electrons. The highest BCUT2D eigenvalue weighted by atomic mass is 32.1. The summed E-state index contributed by atoms with van der Waals surface area (Å²) in [6, 6.07) is 14.0. The van der Waals surface area contributed by atoms with E-state index in [1.54, 1.807) is 24.6 Å². The van der Waals surface area contributed by atoms with Crippen molar-refractivity contribution in [2.24, 2.45) is 0 Å². The number of thiophene rings is 1.